The molecule has 1 atom stereocenters. The van der Waals surface area contributed by atoms with Gasteiger partial charge >= 0.3 is 0 Å². The molecule has 1 amide bonds. The fourth-order valence-corrected chi connectivity index (χ4v) is 4.22. The van der Waals surface area contributed by atoms with Gasteiger partial charge in [0, 0.05) is 16.6 Å². The van der Waals surface area contributed by atoms with E-state index in [2.05, 4.69) is 15.9 Å². The van der Waals surface area contributed by atoms with Gasteiger partial charge in [0.2, 0.25) is 0 Å². The maximum Gasteiger partial charge on any atom is 0.295 e. The molecule has 0 spiro atoms. The smallest absolute Gasteiger partial charge is 0.295 e. The van der Waals surface area contributed by atoms with Crippen LogP contribution in [-0.4, -0.2) is 21.7 Å². The van der Waals surface area contributed by atoms with Gasteiger partial charge in [-0.05, 0) is 48.7 Å². The molecule has 0 bridgehead atoms. The van der Waals surface area contributed by atoms with Gasteiger partial charge in [0.1, 0.15) is 5.76 Å². The molecule has 1 saturated heterocycles. The number of ketones is 1. The normalized spacial score (nSPS) is 17.9. The number of nitrogens with zero attached hydrogens (tertiary/aromatic N) is 1. The third-order valence-corrected chi connectivity index (χ3v) is 6.10. The summed E-state index contributed by atoms with van der Waals surface area (Å²) < 4.78 is 0.894. The standard InChI is InChI=1S/C26H22BrNO3/c1-16-8-9-17(2)21(14-16)24(29)22-23(19-10-12-20(27)13-11-19)28(26(31)25(22)30)15-18-6-4-3-5-7-18/h3-14,23,29H,15H2,1-2H3/b24-22+. The molecule has 4 nitrogen and oxygen atoms in total. The van der Waals surface area contributed by atoms with E-state index in [0.29, 0.717) is 5.56 Å². The van der Waals surface area contributed by atoms with Crippen LogP contribution in [0.15, 0.2) is 82.8 Å². The van der Waals surface area contributed by atoms with Gasteiger partial charge in [-0.1, -0.05) is 76.1 Å². The Labute approximate surface area is 190 Å². The average Bonchev–Trinajstić information content (AvgIpc) is 3.01. The summed E-state index contributed by atoms with van der Waals surface area (Å²) >= 11 is 3.44. The Morgan fingerprint density at radius 3 is 2.32 bits per heavy atom. The highest BCUT2D eigenvalue weighted by Gasteiger charge is 2.46. The largest absolute Gasteiger partial charge is 0.507 e. The Balaban J connectivity index is 1.90. The van der Waals surface area contributed by atoms with Crippen LogP contribution in [0.5, 0.6) is 0 Å². The molecule has 0 aromatic heterocycles. The highest BCUT2D eigenvalue weighted by atomic mass is 79.9. The number of likely N-dealkylation sites (tertiary alicyclic amines) is 1. The number of Topliss-reactive ketones (excluding diaryl/α,β-unsaturated/α-hetero) is 1. The SMILES string of the molecule is Cc1ccc(C)c(/C(O)=C2\C(=O)C(=O)N(Cc3ccccc3)C2c2ccc(Br)cc2)c1. The van der Waals surface area contributed by atoms with Gasteiger partial charge < -0.3 is 10.0 Å². The van der Waals surface area contributed by atoms with E-state index in [1.807, 2.05) is 86.6 Å². The number of carbonyl (C=O) groups is 2. The molecule has 31 heavy (non-hydrogen) atoms. The van der Waals surface area contributed by atoms with E-state index in [4.69, 9.17) is 0 Å². The van der Waals surface area contributed by atoms with E-state index in [9.17, 15) is 14.7 Å². The average molecular weight is 476 g/mol. The number of aryl methyl sites for hydroxylation is 2. The van der Waals surface area contributed by atoms with Crippen LogP contribution in [0.1, 0.15) is 33.9 Å². The maximum absolute atomic E-state index is 13.1. The van der Waals surface area contributed by atoms with Crippen molar-refractivity contribution in [3.63, 3.8) is 0 Å². The molecule has 1 aliphatic heterocycles. The minimum Gasteiger partial charge on any atom is -0.507 e. The predicted molar refractivity (Wildman–Crippen MR) is 124 cm³/mol. The number of aliphatic hydroxyl groups excluding tert-OH is 1. The van der Waals surface area contributed by atoms with Crippen molar-refractivity contribution in [3.8, 4) is 0 Å². The maximum atomic E-state index is 13.1. The molecule has 3 aromatic carbocycles. The highest BCUT2D eigenvalue weighted by molar-refractivity contribution is 9.10. The molecule has 1 aliphatic rings. The molecular formula is C26H22BrNO3. The first kappa shape index (κ1) is 21.1. The van der Waals surface area contributed by atoms with Crippen LogP contribution in [-0.2, 0) is 16.1 Å². The molecule has 1 fully saturated rings. The van der Waals surface area contributed by atoms with Gasteiger partial charge in [-0.15, -0.1) is 0 Å². The van der Waals surface area contributed by atoms with Crippen molar-refractivity contribution >= 4 is 33.4 Å². The number of hydrogen-bond donors (Lipinski definition) is 1. The van der Waals surface area contributed by atoms with Gasteiger partial charge in [-0.2, -0.15) is 0 Å². The molecular weight excluding hydrogens is 454 g/mol. The van der Waals surface area contributed by atoms with Gasteiger partial charge in [0.25, 0.3) is 11.7 Å². The Morgan fingerprint density at radius 2 is 1.65 bits per heavy atom. The lowest BCUT2D eigenvalue weighted by atomic mass is 9.93. The Morgan fingerprint density at radius 1 is 0.968 bits per heavy atom. The number of rotatable bonds is 4. The summed E-state index contributed by atoms with van der Waals surface area (Å²) in [6.45, 7) is 4.08. The van der Waals surface area contributed by atoms with E-state index < -0.39 is 17.7 Å². The van der Waals surface area contributed by atoms with Crippen molar-refractivity contribution in [3.05, 3.63) is 111 Å². The summed E-state index contributed by atoms with van der Waals surface area (Å²) in [6.07, 6.45) is 0. The second-order valence-electron chi connectivity index (χ2n) is 7.78. The molecule has 0 saturated carbocycles. The zero-order valence-corrected chi connectivity index (χ0v) is 18.9. The monoisotopic (exact) mass is 475 g/mol. The molecule has 1 heterocycles. The molecule has 1 N–H and O–H groups in total. The quantitative estimate of drug-likeness (QED) is 0.299. The van der Waals surface area contributed by atoms with Crippen LogP contribution in [0.4, 0.5) is 0 Å². The molecule has 3 aromatic rings. The van der Waals surface area contributed by atoms with Gasteiger partial charge in [-0.3, -0.25) is 9.59 Å². The lowest BCUT2D eigenvalue weighted by molar-refractivity contribution is -0.140. The second kappa shape index (κ2) is 8.52. The summed E-state index contributed by atoms with van der Waals surface area (Å²) in [5, 5.41) is 11.3. The summed E-state index contributed by atoms with van der Waals surface area (Å²) in [6, 6.07) is 22.0. The number of amides is 1. The van der Waals surface area contributed by atoms with Crippen molar-refractivity contribution in [2.75, 3.05) is 0 Å². The van der Waals surface area contributed by atoms with Crippen molar-refractivity contribution in [1.82, 2.24) is 4.90 Å². The lowest BCUT2D eigenvalue weighted by Crippen LogP contribution is -2.29. The summed E-state index contributed by atoms with van der Waals surface area (Å²) in [7, 11) is 0. The van der Waals surface area contributed by atoms with E-state index in [-0.39, 0.29) is 17.9 Å². The first-order valence-electron chi connectivity index (χ1n) is 10.0. The lowest BCUT2D eigenvalue weighted by Gasteiger charge is -2.25. The van der Waals surface area contributed by atoms with Crippen LogP contribution < -0.4 is 0 Å². The van der Waals surface area contributed by atoms with Crippen molar-refractivity contribution in [2.24, 2.45) is 0 Å². The first-order chi connectivity index (χ1) is 14.9. The fraction of sp³-hybridized carbons (Fsp3) is 0.154. The van der Waals surface area contributed by atoms with Gasteiger partial charge in [0.15, 0.2) is 0 Å². The Bertz CT molecular complexity index is 1180. The highest BCUT2D eigenvalue weighted by Crippen LogP contribution is 2.41. The van der Waals surface area contributed by atoms with Crippen LogP contribution in [0.3, 0.4) is 0 Å². The third kappa shape index (κ3) is 4.06. The zero-order chi connectivity index (χ0) is 22.1. The zero-order valence-electron chi connectivity index (χ0n) is 17.3. The summed E-state index contributed by atoms with van der Waals surface area (Å²) in [4.78, 5) is 27.8. The number of aliphatic hydroxyl groups is 1. The number of hydrogen-bond acceptors (Lipinski definition) is 3. The first-order valence-corrected chi connectivity index (χ1v) is 10.8. The molecule has 0 radical (unpaired) electrons. The molecule has 1 unspecified atom stereocenters. The molecule has 5 heteroatoms. The Kier molecular flexibility index (Phi) is 5.79. The van der Waals surface area contributed by atoms with Crippen molar-refractivity contribution in [1.29, 1.82) is 0 Å². The van der Waals surface area contributed by atoms with Crippen molar-refractivity contribution in [2.45, 2.75) is 26.4 Å². The molecule has 156 valence electrons. The summed E-state index contributed by atoms with van der Waals surface area (Å²) in [5.41, 5.74) is 4.18. The number of halogens is 1. The molecule has 4 rings (SSSR count). The van der Waals surface area contributed by atoms with Crippen LogP contribution in [0.2, 0.25) is 0 Å². The van der Waals surface area contributed by atoms with Crippen LogP contribution in [0.25, 0.3) is 5.76 Å². The van der Waals surface area contributed by atoms with Crippen molar-refractivity contribution < 1.29 is 14.7 Å². The minimum atomic E-state index is -0.673. The predicted octanol–water partition coefficient (Wildman–Crippen LogP) is 5.69. The fourth-order valence-electron chi connectivity index (χ4n) is 3.95. The van der Waals surface area contributed by atoms with E-state index >= 15 is 0 Å². The third-order valence-electron chi connectivity index (χ3n) is 5.57. The van der Waals surface area contributed by atoms with E-state index in [1.165, 1.54) is 4.90 Å². The van der Waals surface area contributed by atoms with Gasteiger partial charge in [-0.25, -0.2) is 0 Å². The number of benzene rings is 3. The van der Waals surface area contributed by atoms with E-state index in [1.54, 1.807) is 0 Å². The topological polar surface area (TPSA) is 57.6 Å². The van der Waals surface area contributed by atoms with Gasteiger partial charge in [0.05, 0.1) is 11.6 Å². The second-order valence-corrected chi connectivity index (χ2v) is 8.70. The Hall–Kier alpha value is -3.18. The minimum absolute atomic E-state index is 0.122. The van der Waals surface area contributed by atoms with E-state index in [0.717, 1.165) is 26.7 Å². The number of carbonyl (C=O) groups excluding carboxylic acids is 2. The van der Waals surface area contributed by atoms with Crippen LogP contribution in [0, 0.1) is 13.8 Å². The molecule has 0 aliphatic carbocycles. The summed E-state index contributed by atoms with van der Waals surface area (Å²) in [5.74, 6) is -1.41. The van der Waals surface area contributed by atoms with Crippen LogP contribution >= 0.6 is 15.9 Å².